The number of aliphatic hydroxyl groups is 1. The predicted octanol–water partition coefficient (Wildman–Crippen LogP) is 1.86. The number of halogens is 1. The summed E-state index contributed by atoms with van der Waals surface area (Å²) < 4.78 is 0. The van der Waals surface area contributed by atoms with Gasteiger partial charge in [0.15, 0.2) is 0 Å². The van der Waals surface area contributed by atoms with Gasteiger partial charge in [0.05, 0.1) is 16.8 Å². The Bertz CT molecular complexity index is 464. The van der Waals surface area contributed by atoms with E-state index >= 15 is 0 Å². The summed E-state index contributed by atoms with van der Waals surface area (Å²) in [6.07, 6.45) is 0.493. The van der Waals surface area contributed by atoms with Crippen LogP contribution in [-0.4, -0.2) is 49.3 Å². The van der Waals surface area contributed by atoms with Crippen molar-refractivity contribution in [3.63, 3.8) is 0 Å². The molecule has 1 aliphatic rings. The second-order valence-electron chi connectivity index (χ2n) is 5.96. The van der Waals surface area contributed by atoms with E-state index in [0.29, 0.717) is 17.6 Å². The van der Waals surface area contributed by atoms with Crippen molar-refractivity contribution >= 4 is 17.3 Å². The minimum Gasteiger partial charge on any atom is -0.391 e. The number of benzene rings is 1. The molecule has 5 heteroatoms. The van der Waals surface area contributed by atoms with Gasteiger partial charge in [0.2, 0.25) is 0 Å². The largest absolute Gasteiger partial charge is 0.391 e. The van der Waals surface area contributed by atoms with E-state index in [1.807, 2.05) is 39.2 Å². The van der Waals surface area contributed by atoms with E-state index < -0.39 is 0 Å². The van der Waals surface area contributed by atoms with E-state index in [4.69, 9.17) is 17.3 Å². The molecule has 1 saturated heterocycles. The second kappa shape index (κ2) is 6.31. The van der Waals surface area contributed by atoms with Crippen LogP contribution < -0.4 is 10.6 Å². The molecule has 112 valence electrons. The number of nitrogens with two attached hydrogens (primary N) is 1. The van der Waals surface area contributed by atoms with Gasteiger partial charge in [-0.2, -0.15) is 0 Å². The molecule has 1 aromatic rings. The Morgan fingerprint density at radius 1 is 1.50 bits per heavy atom. The summed E-state index contributed by atoms with van der Waals surface area (Å²) >= 11 is 6.41. The number of anilines is 1. The van der Waals surface area contributed by atoms with Crippen molar-refractivity contribution in [2.75, 3.05) is 32.1 Å². The summed E-state index contributed by atoms with van der Waals surface area (Å²) in [5.74, 6) is 0. The first-order valence-electron chi connectivity index (χ1n) is 7.03. The Kier molecular flexibility index (Phi) is 4.91. The molecule has 2 unspecified atom stereocenters. The number of hydrogen-bond donors (Lipinski definition) is 2. The van der Waals surface area contributed by atoms with Crippen LogP contribution in [0.4, 0.5) is 5.69 Å². The maximum absolute atomic E-state index is 9.95. The fraction of sp³-hybridized carbons (Fsp3) is 0.600. The van der Waals surface area contributed by atoms with Crippen molar-refractivity contribution in [1.29, 1.82) is 0 Å². The molecule has 1 heterocycles. The number of hydrogen-bond acceptors (Lipinski definition) is 4. The number of rotatable bonds is 4. The Hall–Kier alpha value is -0.810. The molecule has 3 N–H and O–H groups in total. The molecular formula is C15H24ClN3O. The monoisotopic (exact) mass is 297 g/mol. The Morgan fingerprint density at radius 3 is 2.75 bits per heavy atom. The molecule has 0 aliphatic carbocycles. The first kappa shape index (κ1) is 15.6. The molecule has 1 aliphatic heterocycles. The Morgan fingerprint density at radius 2 is 2.20 bits per heavy atom. The summed E-state index contributed by atoms with van der Waals surface area (Å²) in [5.41, 5.74) is 7.90. The fourth-order valence-corrected chi connectivity index (χ4v) is 3.12. The van der Waals surface area contributed by atoms with Gasteiger partial charge in [0.1, 0.15) is 0 Å². The van der Waals surface area contributed by atoms with Gasteiger partial charge in [-0.25, -0.2) is 0 Å². The minimum atomic E-state index is -0.288. The highest BCUT2D eigenvalue weighted by molar-refractivity contribution is 6.33. The second-order valence-corrected chi connectivity index (χ2v) is 6.36. The first-order valence-corrected chi connectivity index (χ1v) is 7.40. The molecule has 20 heavy (non-hydrogen) atoms. The lowest BCUT2D eigenvalue weighted by molar-refractivity contribution is 0.191. The fourth-order valence-electron chi connectivity index (χ4n) is 2.82. The standard InChI is InChI=1S/C15H24ClN3O/c1-10(17)11-4-5-15(14(16)6-11)19-9-13(20)7-12(19)8-18(2)3/h4-6,10,12-13,20H,7-9,17H2,1-3H3/t10-,12?,13?/m0/s1. The van der Waals surface area contributed by atoms with Crippen LogP contribution in [0.25, 0.3) is 0 Å². The maximum Gasteiger partial charge on any atom is 0.0735 e. The molecule has 1 fully saturated rings. The molecule has 3 atom stereocenters. The van der Waals surface area contributed by atoms with E-state index in [2.05, 4.69) is 9.80 Å². The topological polar surface area (TPSA) is 52.7 Å². The van der Waals surface area contributed by atoms with Crippen LogP contribution in [0.2, 0.25) is 5.02 Å². The number of aliphatic hydroxyl groups excluding tert-OH is 1. The summed E-state index contributed by atoms with van der Waals surface area (Å²) in [4.78, 5) is 4.35. The quantitative estimate of drug-likeness (QED) is 0.891. The Labute approximate surface area is 126 Å². The molecule has 0 bridgehead atoms. The van der Waals surface area contributed by atoms with E-state index in [1.54, 1.807) is 0 Å². The van der Waals surface area contributed by atoms with E-state index in [0.717, 1.165) is 24.2 Å². The summed E-state index contributed by atoms with van der Waals surface area (Å²) in [6, 6.07) is 6.23. The summed E-state index contributed by atoms with van der Waals surface area (Å²) in [5, 5.41) is 10.7. The molecular weight excluding hydrogens is 274 g/mol. The van der Waals surface area contributed by atoms with Gasteiger partial charge >= 0.3 is 0 Å². The third kappa shape index (κ3) is 3.44. The van der Waals surface area contributed by atoms with Crippen molar-refractivity contribution in [2.45, 2.75) is 31.5 Å². The SMILES string of the molecule is C[C@H](N)c1ccc(N2CC(O)CC2CN(C)C)c(Cl)c1. The molecule has 1 aromatic carbocycles. The lowest BCUT2D eigenvalue weighted by atomic mass is 10.1. The van der Waals surface area contributed by atoms with Crippen LogP contribution in [-0.2, 0) is 0 Å². The lowest BCUT2D eigenvalue weighted by Crippen LogP contribution is -2.37. The molecule has 0 aromatic heterocycles. The highest BCUT2D eigenvalue weighted by Crippen LogP contribution is 2.33. The van der Waals surface area contributed by atoms with Crippen molar-refractivity contribution in [2.24, 2.45) is 5.73 Å². The van der Waals surface area contributed by atoms with Crippen LogP contribution >= 0.6 is 11.6 Å². The molecule has 4 nitrogen and oxygen atoms in total. The zero-order valence-corrected chi connectivity index (χ0v) is 13.1. The van der Waals surface area contributed by atoms with Crippen molar-refractivity contribution in [3.05, 3.63) is 28.8 Å². The van der Waals surface area contributed by atoms with Gasteiger partial charge in [-0.05, 0) is 45.1 Å². The third-order valence-corrected chi connectivity index (χ3v) is 4.08. The molecule has 0 spiro atoms. The van der Waals surface area contributed by atoms with Crippen molar-refractivity contribution < 1.29 is 5.11 Å². The minimum absolute atomic E-state index is 0.0247. The van der Waals surface area contributed by atoms with Gasteiger partial charge in [0.25, 0.3) is 0 Å². The van der Waals surface area contributed by atoms with E-state index in [1.165, 1.54) is 0 Å². The van der Waals surface area contributed by atoms with E-state index in [-0.39, 0.29) is 12.1 Å². The zero-order valence-electron chi connectivity index (χ0n) is 12.4. The van der Waals surface area contributed by atoms with Gasteiger partial charge in [-0.15, -0.1) is 0 Å². The molecule has 0 radical (unpaired) electrons. The lowest BCUT2D eigenvalue weighted by Gasteiger charge is -2.29. The predicted molar refractivity (Wildman–Crippen MR) is 84.4 cm³/mol. The summed E-state index contributed by atoms with van der Waals surface area (Å²) in [6.45, 7) is 3.48. The van der Waals surface area contributed by atoms with Crippen molar-refractivity contribution in [3.8, 4) is 0 Å². The number of β-amino-alcohol motifs (C(OH)–C–C–N with tert-alkyl or cyclic N) is 1. The molecule has 0 saturated carbocycles. The van der Waals surface area contributed by atoms with Crippen LogP contribution in [0, 0.1) is 0 Å². The maximum atomic E-state index is 9.95. The van der Waals surface area contributed by atoms with Gasteiger partial charge in [-0.3, -0.25) is 0 Å². The number of likely N-dealkylation sites (N-methyl/N-ethyl adjacent to an activating group) is 1. The van der Waals surface area contributed by atoms with Gasteiger partial charge in [-0.1, -0.05) is 17.7 Å². The average Bonchev–Trinajstić information content (AvgIpc) is 2.68. The average molecular weight is 298 g/mol. The van der Waals surface area contributed by atoms with Crippen LogP contribution in [0.5, 0.6) is 0 Å². The first-order chi connectivity index (χ1) is 9.38. The highest BCUT2D eigenvalue weighted by atomic mass is 35.5. The van der Waals surface area contributed by atoms with Crippen LogP contribution in [0.1, 0.15) is 24.9 Å². The third-order valence-electron chi connectivity index (χ3n) is 3.78. The molecule has 2 rings (SSSR count). The highest BCUT2D eigenvalue weighted by Gasteiger charge is 2.32. The van der Waals surface area contributed by atoms with Gasteiger partial charge in [0, 0.05) is 25.2 Å². The summed E-state index contributed by atoms with van der Waals surface area (Å²) in [7, 11) is 4.09. The molecule has 0 amide bonds. The number of nitrogens with zero attached hydrogens (tertiary/aromatic N) is 2. The van der Waals surface area contributed by atoms with Gasteiger partial charge < -0.3 is 20.6 Å². The van der Waals surface area contributed by atoms with Crippen LogP contribution in [0.3, 0.4) is 0 Å². The van der Waals surface area contributed by atoms with Crippen molar-refractivity contribution in [1.82, 2.24) is 4.90 Å². The smallest absolute Gasteiger partial charge is 0.0735 e. The zero-order chi connectivity index (χ0) is 14.9. The normalized spacial score (nSPS) is 24.4. The van der Waals surface area contributed by atoms with Crippen LogP contribution in [0.15, 0.2) is 18.2 Å². The van der Waals surface area contributed by atoms with E-state index in [9.17, 15) is 5.11 Å². The Balaban J connectivity index is 2.25.